The number of phosphoric ester groups is 1. The standard InChI is InChI=1S/C10H16N5O6P/c11-10-13-8-7(9(17)14-10)12-5-15(8)2-1-6(3-16)4-21-22(18,19)20/h5-6,16H,1-4H2,(H2,18,19,20)(H3,11,13,14,17)/t6-/m1/s1. The Labute approximate surface area is 124 Å². The zero-order valence-corrected chi connectivity index (χ0v) is 12.3. The highest BCUT2D eigenvalue weighted by Gasteiger charge is 2.18. The number of aliphatic hydroxyl groups excluding tert-OH is 1. The van der Waals surface area contributed by atoms with E-state index in [9.17, 15) is 14.5 Å². The molecule has 0 aliphatic rings. The summed E-state index contributed by atoms with van der Waals surface area (Å²) in [6.07, 6.45) is 1.75. The van der Waals surface area contributed by atoms with Crippen LogP contribution in [0.4, 0.5) is 5.95 Å². The second-order valence-electron chi connectivity index (χ2n) is 4.68. The third-order valence-electron chi connectivity index (χ3n) is 3.01. The van der Waals surface area contributed by atoms with Gasteiger partial charge in [0, 0.05) is 19.1 Å². The van der Waals surface area contributed by atoms with Crippen LogP contribution < -0.4 is 11.3 Å². The van der Waals surface area contributed by atoms with Gasteiger partial charge in [-0.15, -0.1) is 0 Å². The van der Waals surface area contributed by atoms with Crippen molar-refractivity contribution in [2.75, 3.05) is 18.9 Å². The Kier molecular flexibility index (Phi) is 4.94. The molecule has 0 saturated carbocycles. The van der Waals surface area contributed by atoms with E-state index in [4.69, 9.17) is 15.5 Å². The van der Waals surface area contributed by atoms with E-state index >= 15 is 0 Å². The van der Waals surface area contributed by atoms with Gasteiger partial charge in [-0.25, -0.2) is 9.55 Å². The molecule has 2 aromatic heterocycles. The number of H-pyrrole nitrogens is 1. The first-order valence-electron chi connectivity index (χ1n) is 6.31. The number of nitrogens with one attached hydrogen (secondary N) is 1. The van der Waals surface area contributed by atoms with Crippen LogP contribution >= 0.6 is 7.82 Å². The largest absolute Gasteiger partial charge is 0.469 e. The van der Waals surface area contributed by atoms with Crippen molar-refractivity contribution in [2.24, 2.45) is 5.92 Å². The maximum Gasteiger partial charge on any atom is 0.469 e. The molecule has 2 heterocycles. The zero-order chi connectivity index (χ0) is 16.3. The molecule has 0 aliphatic heterocycles. The van der Waals surface area contributed by atoms with Crippen LogP contribution in [-0.2, 0) is 15.6 Å². The summed E-state index contributed by atoms with van der Waals surface area (Å²) in [5.41, 5.74) is 5.46. The fourth-order valence-electron chi connectivity index (χ4n) is 1.89. The molecule has 11 nitrogen and oxygen atoms in total. The van der Waals surface area contributed by atoms with Gasteiger partial charge in [-0.1, -0.05) is 0 Å². The predicted octanol–water partition coefficient (Wildman–Crippen LogP) is -1.19. The SMILES string of the molecule is Nc1nc2c(ncn2CC[C@H](CO)COP(=O)(O)O)c(=O)[nH]1. The Morgan fingerprint density at radius 3 is 2.86 bits per heavy atom. The summed E-state index contributed by atoms with van der Waals surface area (Å²) in [6.45, 7) is -0.269. The fourth-order valence-corrected chi connectivity index (χ4v) is 2.29. The third-order valence-corrected chi connectivity index (χ3v) is 3.49. The lowest BCUT2D eigenvalue weighted by molar-refractivity contribution is 0.122. The van der Waals surface area contributed by atoms with E-state index in [0.29, 0.717) is 18.6 Å². The number of fused-ring (bicyclic) bond motifs is 1. The number of rotatable bonds is 7. The molecule has 12 heteroatoms. The number of anilines is 1. The number of nitrogen functional groups attached to an aromatic ring is 1. The molecule has 2 aromatic rings. The quantitative estimate of drug-likeness (QED) is 0.390. The van der Waals surface area contributed by atoms with E-state index in [0.717, 1.165) is 0 Å². The number of aryl methyl sites for hydroxylation is 1. The van der Waals surface area contributed by atoms with E-state index in [1.807, 2.05) is 0 Å². The molecule has 0 saturated heterocycles. The van der Waals surface area contributed by atoms with Gasteiger partial charge < -0.3 is 25.2 Å². The molecular weight excluding hydrogens is 317 g/mol. The van der Waals surface area contributed by atoms with Gasteiger partial charge in [0.15, 0.2) is 11.2 Å². The molecule has 0 bridgehead atoms. The summed E-state index contributed by atoms with van der Waals surface area (Å²) in [4.78, 5) is 39.2. The van der Waals surface area contributed by atoms with Crippen LogP contribution in [0.2, 0.25) is 0 Å². The average molecular weight is 333 g/mol. The number of imidazole rings is 1. The molecule has 0 fully saturated rings. The topological polar surface area (TPSA) is 177 Å². The minimum atomic E-state index is -4.57. The molecule has 0 aromatic carbocycles. The van der Waals surface area contributed by atoms with Crippen LogP contribution in [-0.4, -0.2) is 47.6 Å². The van der Waals surface area contributed by atoms with Crippen molar-refractivity contribution in [1.82, 2.24) is 19.5 Å². The van der Waals surface area contributed by atoms with Crippen molar-refractivity contribution in [3.8, 4) is 0 Å². The van der Waals surface area contributed by atoms with E-state index in [-0.39, 0.29) is 24.7 Å². The van der Waals surface area contributed by atoms with E-state index in [1.165, 1.54) is 6.33 Å². The van der Waals surface area contributed by atoms with Gasteiger partial charge in [-0.05, 0) is 6.42 Å². The predicted molar refractivity (Wildman–Crippen MR) is 75.8 cm³/mol. The van der Waals surface area contributed by atoms with Crippen molar-refractivity contribution in [3.63, 3.8) is 0 Å². The lowest BCUT2D eigenvalue weighted by Crippen LogP contribution is -2.16. The Morgan fingerprint density at radius 2 is 2.23 bits per heavy atom. The first-order valence-corrected chi connectivity index (χ1v) is 7.84. The van der Waals surface area contributed by atoms with Gasteiger partial charge in [0.05, 0.1) is 12.9 Å². The molecule has 0 aliphatic carbocycles. The Bertz CT molecular complexity index is 752. The summed E-state index contributed by atoms with van der Waals surface area (Å²) >= 11 is 0. The number of hydrogen-bond acceptors (Lipinski definition) is 7. The molecule has 0 unspecified atom stereocenters. The lowest BCUT2D eigenvalue weighted by Gasteiger charge is -2.15. The summed E-state index contributed by atoms with van der Waals surface area (Å²) in [7, 11) is -4.57. The van der Waals surface area contributed by atoms with Crippen molar-refractivity contribution >= 4 is 24.9 Å². The maximum atomic E-state index is 11.6. The van der Waals surface area contributed by atoms with Crippen LogP contribution in [0.25, 0.3) is 11.2 Å². The number of aromatic amines is 1. The zero-order valence-electron chi connectivity index (χ0n) is 11.4. The Morgan fingerprint density at radius 1 is 1.50 bits per heavy atom. The maximum absolute atomic E-state index is 11.6. The van der Waals surface area contributed by atoms with E-state index in [2.05, 4.69) is 19.5 Å². The van der Waals surface area contributed by atoms with Crippen LogP contribution in [0.15, 0.2) is 11.1 Å². The molecule has 6 N–H and O–H groups in total. The van der Waals surface area contributed by atoms with E-state index in [1.54, 1.807) is 4.57 Å². The number of hydrogen-bond donors (Lipinski definition) is 5. The normalized spacial score (nSPS) is 13.6. The molecule has 0 spiro atoms. The van der Waals surface area contributed by atoms with Gasteiger partial charge in [0.25, 0.3) is 5.56 Å². The Hall–Kier alpha value is -1.78. The molecule has 0 radical (unpaired) electrons. The highest BCUT2D eigenvalue weighted by molar-refractivity contribution is 7.46. The van der Waals surface area contributed by atoms with Crippen LogP contribution in [0.1, 0.15) is 6.42 Å². The molecule has 0 amide bonds. The smallest absolute Gasteiger partial charge is 0.396 e. The third kappa shape index (κ3) is 4.12. The summed E-state index contributed by atoms with van der Waals surface area (Å²) in [6, 6.07) is 0. The Balaban J connectivity index is 2.07. The van der Waals surface area contributed by atoms with Gasteiger partial charge in [-0.3, -0.25) is 14.3 Å². The molecule has 22 heavy (non-hydrogen) atoms. The number of nitrogens with two attached hydrogens (primary N) is 1. The number of aromatic nitrogens is 4. The van der Waals surface area contributed by atoms with Crippen molar-refractivity contribution in [1.29, 1.82) is 0 Å². The monoisotopic (exact) mass is 333 g/mol. The minimum absolute atomic E-state index is 0.0391. The highest BCUT2D eigenvalue weighted by Crippen LogP contribution is 2.36. The van der Waals surface area contributed by atoms with Gasteiger partial charge >= 0.3 is 7.82 Å². The van der Waals surface area contributed by atoms with Crippen LogP contribution in [0.5, 0.6) is 0 Å². The average Bonchev–Trinajstić information content (AvgIpc) is 2.81. The van der Waals surface area contributed by atoms with E-state index < -0.39 is 19.3 Å². The minimum Gasteiger partial charge on any atom is -0.396 e. The van der Waals surface area contributed by atoms with Gasteiger partial charge in [0.2, 0.25) is 5.95 Å². The van der Waals surface area contributed by atoms with Gasteiger partial charge in [0.1, 0.15) is 0 Å². The second kappa shape index (κ2) is 6.55. The lowest BCUT2D eigenvalue weighted by atomic mass is 10.1. The van der Waals surface area contributed by atoms with Crippen molar-refractivity contribution < 1.29 is 24.0 Å². The van der Waals surface area contributed by atoms with Crippen LogP contribution in [0.3, 0.4) is 0 Å². The highest BCUT2D eigenvalue weighted by atomic mass is 31.2. The molecule has 122 valence electrons. The molecule has 2 rings (SSSR count). The number of phosphoric acid groups is 1. The summed E-state index contributed by atoms with van der Waals surface area (Å²) < 4.78 is 16.6. The summed E-state index contributed by atoms with van der Waals surface area (Å²) in [5, 5.41) is 9.20. The van der Waals surface area contributed by atoms with Crippen LogP contribution in [0, 0.1) is 5.92 Å². The fraction of sp³-hybridized carbons (Fsp3) is 0.500. The second-order valence-corrected chi connectivity index (χ2v) is 5.92. The van der Waals surface area contributed by atoms with Crippen molar-refractivity contribution in [3.05, 3.63) is 16.7 Å². The van der Waals surface area contributed by atoms with Crippen molar-refractivity contribution in [2.45, 2.75) is 13.0 Å². The first kappa shape index (κ1) is 16.6. The summed E-state index contributed by atoms with van der Waals surface area (Å²) in [5.74, 6) is -0.521. The van der Waals surface area contributed by atoms with Gasteiger partial charge in [-0.2, -0.15) is 4.98 Å². The number of aliphatic hydroxyl groups is 1. The number of nitrogens with zero attached hydrogens (tertiary/aromatic N) is 3. The molecular formula is C10H16N5O6P. The molecule has 1 atom stereocenters. The first-order chi connectivity index (χ1) is 10.3.